The van der Waals surface area contributed by atoms with Crippen molar-refractivity contribution in [2.75, 3.05) is 12.3 Å². The lowest BCUT2D eigenvalue weighted by Gasteiger charge is -1.94. The number of nitrogen functional groups attached to an aromatic ring is 1. The first-order valence-corrected chi connectivity index (χ1v) is 3.00. The van der Waals surface area contributed by atoms with Crippen LogP contribution < -0.4 is 5.73 Å². The number of nitrogens with two attached hydrogens (primary N) is 1. The molecule has 1 rings (SSSR count). The molecule has 3 N–H and O–H groups in total. The lowest BCUT2D eigenvalue weighted by molar-refractivity contribution is 0.296. The molecule has 54 valence electrons. The van der Waals surface area contributed by atoms with Gasteiger partial charge in [0, 0.05) is 6.42 Å². The number of aromatic nitrogens is 2. The molecule has 1 heterocycles. The molecule has 0 aromatic carbocycles. The Hall–Kier alpha value is -1.16. The van der Waals surface area contributed by atoms with E-state index in [2.05, 4.69) is 9.97 Å². The maximum Gasteiger partial charge on any atom is 0.130 e. The van der Waals surface area contributed by atoms with Gasteiger partial charge in [-0.05, 0) is 0 Å². The van der Waals surface area contributed by atoms with Crippen molar-refractivity contribution in [3.63, 3.8) is 0 Å². The molecule has 0 saturated heterocycles. The quantitative estimate of drug-likeness (QED) is 0.584. The first kappa shape index (κ1) is 6.95. The molecule has 0 fully saturated rings. The van der Waals surface area contributed by atoms with E-state index >= 15 is 0 Å². The summed E-state index contributed by atoms with van der Waals surface area (Å²) in [6.07, 6.45) is 3.54. The highest BCUT2D eigenvalue weighted by molar-refractivity contribution is 5.30. The second-order valence-electron chi connectivity index (χ2n) is 1.91. The molecular formula is C6H9N3O. The zero-order chi connectivity index (χ0) is 7.40. The molecule has 0 saturated carbocycles. The summed E-state index contributed by atoms with van der Waals surface area (Å²) in [6.45, 7) is 0.0733. The van der Waals surface area contributed by atoms with Crippen LogP contribution in [0, 0.1) is 0 Å². The van der Waals surface area contributed by atoms with Gasteiger partial charge < -0.3 is 10.8 Å². The fraction of sp³-hybridized carbons (Fsp3) is 0.333. The van der Waals surface area contributed by atoms with Gasteiger partial charge in [0.2, 0.25) is 0 Å². The average Bonchev–Trinajstić information content (AvgIpc) is 1.95. The van der Waals surface area contributed by atoms with Crippen molar-refractivity contribution < 1.29 is 5.11 Å². The summed E-state index contributed by atoms with van der Waals surface area (Å²) < 4.78 is 0. The molecule has 1 aromatic heterocycles. The molecule has 0 radical (unpaired) electrons. The maximum absolute atomic E-state index is 8.48. The topological polar surface area (TPSA) is 72.0 Å². The molecule has 4 heteroatoms. The minimum Gasteiger partial charge on any atom is -0.396 e. The fourth-order valence-corrected chi connectivity index (χ4v) is 0.594. The van der Waals surface area contributed by atoms with E-state index < -0.39 is 0 Å². The lowest BCUT2D eigenvalue weighted by atomic mass is 10.4. The van der Waals surface area contributed by atoms with Crippen molar-refractivity contribution in [1.29, 1.82) is 0 Å². The Labute approximate surface area is 58.7 Å². The third-order valence-electron chi connectivity index (χ3n) is 1.06. The Morgan fingerprint density at radius 1 is 1.40 bits per heavy atom. The largest absolute Gasteiger partial charge is 0.396 e. The van der Waals surface area contributed by atoms with Gasteiger partial charge >= 0.3 is 0 Å². The van der Waals surface area contributed by atoms with Crippen LogP contribution in [0.25, 0.3) is 0 Å². The van der Waals surface area contributed by atoms with Gasteiger partial charge in [-0.3, -0.25) is 0 Å². The van der Waals surface area contributed by atoms with Crippen molar-refractivity contribution in [2.24, 2.45) is 0 Å². The van der Waals surface area contributed by atoms with E-state index in [1.54, 1.807) is 0 Å². The SMILES string of the molecule is Nc1cnc(CCO)nc1. The highest BCUT2D eigenvalue weighted by Crippen LogP contribution is 1.95. The Bertz CT molecular complexity index is 197. The first-order valence-electron chi connectivity index (χ1n) is 3.00. The Morgan fingerprint density at radius 3 is 2.50 bits per heavy atom. The number of hydrogen-bond donors (Lipinski definition) is 2. The lowest BCUT2D eigenvalue weighted by Crippen LogP contribution is -1.98. The van der Waals surface area contributed by atoms with Crippen molar-refractivity contribution >= 4 is 5.69 Å². The van der Waals surface area contributed by atoms with E-state index in [-0.39, 0.29) is 6.61 Å². The van der Waals surface area contributed by atoms with Crippen LogP contribution in [0.5, 0.6) is 0 Å². The standard InChI is InChI=1S/C6H9N3O/c7-5-3-8-6(1-2-10)9-4-5/h3-4,10H,1-2,7H2. The first-order chi connectivity index (χ1) is 4.83. The van der Waals surface area contributed by atoms with E-state index in [0.29, 0.717) is 17.9 Å². The van der Waals surface area contributed by atoms with Crippen LogP contribution in [0.15, 0.2) is 12.4 Å². The summed E-state index contributed by atoms with van der Waals surface area (Å²) in [5.41, 5.74) is 5.88. The van der Waals surface area contributed by atoms with Gasteiger partial charge in [0.25, 0.3) is 0 Å². The smallest absolute Gasteiger partial charge is 0.130 e. The molecule has 0 spiro atoms. The molecule has 0 amide bonds. The number of rotatable bonds is 2. The van der Waals surface area contributed by atoms with E-state index in [4.69, 9.17) is 10.8 Å². The van der Waals surface area contributed by atoms with Gasteiger partial charge in [0.1, 0.15) is 5.82 Å². The minimum absolute atomic E-state index is 0.0733. The normalized spacial score (nSPS) is 9.70. The zero-order valence-electron chi connectivity index (χ0n) is 5.49. The van der Waals surface area contributed by atoms with Gasteiger partial charge in [-0.15, -0.1) is 0 Å². The summed E-state index contributed by atoms with van der Waals surface area (Å²) in [6, 6.07) is 0. The Morgan fingerprint density at radius 2 is 2.00 bits per heavy atom. The molecular weight excluding hydrogens is 130 g/mol. The Kier molecular flexibility index (Phi) is 2.17. The minimum atomic E-state index is 0.0733. The highest BCUT2D eigenvalue weighted by Gasteiger charge is 1.92. The predicted octanol–water partition coefficient (Wildman–Crippen LogP) is -0.406. The number of aliphatic hydroxyl groups is 1. The second kappa shape index (κ2) is 3.12. The van der Waals surface area contributed by atoms with Gasteiger partial charge in [-0.2, -0.15) is 0 Å². The fourth-order valence-electron chi connectivity index (χ4n) is 0.594. The van der Waals surface area contributed by atoms with Crippen LogP contribution in [0.4, 0.5) is 5.69 Å². The van der Waals surface area contributed by atoms with Gasteiger partial charge in [0.15, 0.2) is 0 Å². The van der Waals surface area contributed by atoms with Crippen LogP contribution in [0.2, 0.25) is 0 Å². The summed E-state index contributed by atoms with van der Waals surface area (Å²) >= 11 is 0. The molecule has 0 atom stereocenters. The number of anilines is 1. The molecule has 0 aliphatic heterocycles. The van der Waals surface area contributed by atoms with Crippen LogP contribution in [-0.2, 0) is 6.42 Å². The van der Waals surface area contributed by atoms with Gasteiger partial charge in [0.05, 0.1) is 24.7 Å². The van der Waals surface area contributed by atoms with Gasteiger partial charge in [-0.25, -0.2) is 9.97 Å². The molecule has 0 bridgehead atoms. The number of aliphatic hydroxyl groups excluding tert-OH is 1. The second-order valence-corrected chi connectivity index (χ2v) is 1.91. The van der Waals surface area contributed by atoms with Crippen molar-refractivity contribution in [3.05, 3.63) is 18.2 Å². The van der Waals surface area contributed by atoms with E-state index in [1.165, 1.54) is 12.4 Å². The molecule has 10 heavy (non-hydrogen) atoms. The molecule has 0 aliphatic rings. The summed E-state index contributed by atoms with van der Waals surface area (Å²) in [5, 5.41) is 8.48. The van der Waals surface area contributed by atoms with Crippen LogP contribution in [0.3, 0.4) is 0 Å². The molecule has 1 aromatic rings. The summed E-state index contributed by atoms with van der Waals surface area (Å²) in [4.78, 5) is 7.74. The van der Waals surface area contributed by atoms with E-state index in [1.807, 2.05) is 0 Å². The van der Waals surface area contributed by atoms with Crippen LogP contribution in [-0.4, -0.2) is 21.7 Å². The predicted molar refractivity (Wildman–Crippen MR) is 37.2 cm³/mol. The van der Waals surface area contributed by atoms with Crippen LogP contribution in [0.1, 0.15) is 5.82 Å². The number of hydrogen-bond acceptors (Lipinski definition) is 4. The molecule has 4 nitrogen and oxygen atoms in total. The van der Waals surface area contributed by atoms with Gasteiger partial charge in [-0.1, -0.05) is 0 Å². The third kappa shape index (κ3) is 1.66. The van der Waals surface area contributed by atoms with E-state index in [9.17, 15) is 0 Å². The van der Waals surface area contributed by atoms with Crippen LogP contribution >= 0.6 is 0 Å². The average molecular weight is 139 g/mol. The van der Waals surface area contributed by atoms with Crippen molar-refractivity contribution in [3.8, 4) is 0 Å². The van der Waals surface area contributed by atoms with E-state index in [0.717, 1.165) is 0 Å². The van der Waals surface area contributed by atoms with Crippen molar-refractivity contribution in [1.82, 2.24) is 9.97 Å². The zero-order valence-corrected chi connectivity index (χ0v) is 5.49. The monoisotopic (exact) mass is 139 g/mol. The molecule has 0 unspecified atom stereocenters. The van der Waals surface area contributed by atoms with Crippen molar-refractivity contribution in [2.45, 2.75) is 6.42 Å². The summed E-state index contributed by atoms with van der Waals surface area (Å²) in [5.74, 6) is 0.622. The molecule has 0 aliphatic carbocycles. The summed E-state index contributed by atoms with van der Waals surface area (Å²) in [7, 11) is 0. The highest BCUT2D eigenvalue weighted by atomic mass is 16.3. The number of nitrogens with zero attached hydrogens (tertiary/aromatic N) is 2. The maximum atomic E-state index is 8.48. The third-order valence-corrected chi connectivity index (χ3v) is 1.06. The Balaban J connectivity index is 2.69.